The maximum absolute atomic E-state index is 14.3. The summed E-state index contributed by atoms with van der Waals surface area (Å²) in [5.41, 5.74) is 11.0. The van der Waals surface area contributed by atoms with E-state index in [2.05, 4.69) is 42.2 Å². The van der Waals surface area contributed by atoms with Crippen LogP contribution in [-0.4, -0.2) is 180 Å². The maximum Gasteiger partial charge on any atom is 0.248 e. The Bertz CT molecular complexity index is 1880. The number of aliphatic hydroxyl groups excluding tert-OH is 1. The number of nitrogens with zero attached hydrogens (tertiary/aromatic N) is 4. The van der Waals surface area contributed by atoms with Gasteiger partial charge in [-0.1, -0.05) is 54.4 Å². The molecule has 0 unspecified atom stereocenters. The standard InChI is InChI=1S/C46H81N13O11/c1-11-26(6)36(42(67)52-30(17-14-20-50-46(47)48)44(69)58-21-15-18-31(58)39(64)49-13-3)54-40(65)32-19-16-22-59(32)45(70)38(28(8)60)56-43(68)37(27(7)12-2)55-41(66)35(25(4)5)53-33(62)23-51-34(63)24-57(10)29(9)61/h25-28,30-32,35-38,60H,11-24H2,1-10H3,(H,49,64)(H,51,63)(H,52,67)(H,53,62)(H,54,65)(H,55,66)(H,56,68)(H4,47,48,50)/t26-,27-,28-,30-,31-,32-,35-,36-,37+,38-/m0/s1. The topological polar surface area (TPSA) is 349 Å². The van der Waals surface area contributed by atoms with E-state index in [1.54, 1.807) is 41.5 Å². The summed E-state index contributed by atoms with van der Waals surface area (Å²) in [4.78, 5) is 142. The first-order chi connectivity index (χ1) is 32.9. The van der Waals surface area contributed by atoms with Gasteiger partial charge in [0, 0.05) is 40.2 Å². The van der Waals surface area contributed by atoms with Crippen LogP contribution in [0.25, 0.3) is 0 Å². The van der Waals surface area contributed by atoms with Crippen molar-refractivity contribution in [3.63, 3.8) is 0 Å². The third-order valence-corrected chi connectivity index (χ3v) is 12.9. The highest BCUT2D eigenvalue weighted by Crippen LogP contribution is 2.23. The molecule has 10 amide bonds. The molecule has 24 heteroatoms. The Kier molecular flexibility index (Phi) is 25.0. The minimum atomic E-state index is -1.57. The van der Waals surface area contributed by atoms with Crippen molar-refractivity contribution in [1.82, 2.24) is 51.9 Å². The Hall–Kier alpha value is -6.07. The number of hydrogen-bond donors (Lipinski definition) is 10. The quantitative estimate of drug-likeness (QED) is 0.0228. The second-order valence-corrected chi connectivity index (χ2v) is 18.7. The number of aliphatic hydroxyl groups is 1. The molecule has 0 saturated carbocycles. The molecule has 0 bridgehead atoms. The van der Waals surface area contributed by atoms with E-state index in [4.69, 9.17) is 11.5 Å². The normalized spacial score (nSPS) is 18.9. The lowest BCUT2D eigenvalue weighted by molar-refractivity contribution is -0.145. The molecule has 0 aliphatic carbocycles. The number of hydrogen-bond acceptors (Lipinski definition) is 12. The Morgan fingerprint density at radius 1 is 0.671 bits per heavy atom. The van der Waals surface area contributed by atoms with E-state index < -0.39 is 120 Å². The van der Waals surface area contributed by atoms with Gasteiger partial charge in [0.15, 0.2) is 5.96 Å². The molecule has 0 aromatic heterocycles. The summed E-state index contributed by atoms with van der Waals surface area (Å²) >= 11 is 0. The van der Waals surface area contributed by atoms with Crippen molar-refractivity contribution in [3.8, 4) is 0 Å². The van der Waals surface area contributed by atoms with Crippen LogP contribution >= 0.6 is 0 Å². The van der Waals surface area contributed by atoms with Gasteiger partial charge in [-0.15, -0.1) is 0 Å². The van der Waals surface area contributed by atoms with Crippen LogP contribution in [0.2, 0.25) is 0 Å². The van der Waals surface area contributed by atoms with Crippen molar-refractivity contribution < 1.29 is 53.1 Å². The highest BCUT2D eigenvalue weighted by atomic mass is 16.3. The third kappa shape index (κ3) is 18.0. The summed E-state index contributed by atoms with van der Waals surface area (Å²) in [5.74, 6) is -7.58. The minimum Gasteiger partial charge on any atom is -0.391 e. The number of amides is 10. The minimum absolute atomic E-state index is 0.0837. The summed E-state index contributed by atoms with van der Waals surface area (Å²) in [5, 5.41) is 29.6. The Labute approximate surface area is 411 Å². The van der Waals surface area contributed by atoms with Crippen LogP contribution in [0.15, 0.2) is 4.99 Å². The van der Waals surface area contributed by atoms with Crippen LogP contribution < -0.4 is 48.7 Å². The molecule has 10 atom stereocenters. The molecule has 2 aliphatic rings. The van der Waals surface area contributed by atoms with Gasteiger partial charge in [0.2, 0.25) is 59.1 Å². The molecule has 396 valence electrons. The van der Waals surface area contributed by atoms with E-state index in [0.717, 1.165) is 4.90 Å². The van der Waals surface area contributed by atoms with Gasteiger partial charge in [-0.2, -0.15) is 0 Å². The zero-order chi connectivity index (χ0) is 53.0. The molecule has 2 rings (SSSR count). The van der Waals surface area contributed by atoms with Gasteiger partial charge in [-0.3, -0.25) is 52.9 Å². The fraction of sp³-hybridized carbons (Fsp3) is 0.761. The van der Waals surface area contributed by atoms with Gasteiger partial charge >= 0.3 is 0 Å². The smallest absolute Gasteiger partial charge is 0.248 e. The average Bonchev–Trinajstić information content (AvgIpc) is 4.01. The Morgan fingerprint density at radius 2 is 1.19 bits per heavy atom. The summed E-state index contributed by atoms with van der Waals surface area (Å²) in [6, 6.07) is -8.03. The molecule has 2 aliphatic heterocycles. The van der Waals surface area contributed by atoms with E-state index in [-0.39, 0.29) is 50.2 Å². The fourth-order valence-electron chi connectivity index (χ4n) is 8.15. The summed E-state index contributed by atoms with van der Waals surface area (Å²) < 4.78 is 0. The molecule has 24 nitrogen and oxygen atoms in total. The average molecular weight is 992 g/mol. The predicted octanol–water partition coefficient (Wildman–Crippen LogP) is -2.69. The van der Waals surface area contributed by atoms with Gasteiger partial charge < -0.3 is 68.5 Å². The van der Waals surface area contributed by atoms with Crippen molar-refractivity contribution >= 4 is 65.0 Å². The third-order valence-electron chi connectivity index (χ3n) is 12.9. The number of likely N-dealkylation sites (tertiary alicyclic amines) is 2. The van der Waals surface area contributed by atoms with Gasteiger partial charge in [0.05, 0.1) is 19.2 Å². The molecule has 0 spiro atoms. The van der Waals surface area contributed by atoms with Crippen molar-refractivity contribution in [1.29, 1.82) is 0 Å². The monoisotopic (exact) mass is 992 g/mol. The van der Waals surface area contributed by atoms with E-state index in [0.29, 0.717) is 51.6 Å². The zero-order valence-corrected chi connectivity index (χ0v) is 42.7. The Balaban J connectivity index is 2.29. The molecule has 70 heavy (non-hydrogen) atoms. The molecule has 2 fully saturated rings. The molecule has 2 heterocycles. The first kappa shape index (κ1) is 60.1. The molecule has 2 saturated heterocycles. The Morgan fingerprint density at radius 3 is 1.70 bits per heavy atom. The lowest BCUT2D eigenvalue weighted by atomic mass is 9.95. The summed E-state index contributed by atoms with van der Waals surface area (Å²) in [7, 11) is 1.43. The molecular formula is C46H81N13O11. The highest BCUT2D eigenvalue weighted by molar-refractivity contribution is 5.98. The number of aliphatic imine (C=N–C) groups is 1. The van der Waals surface area contributed by atoms with Gasteiger partial charge in [-0.05, 0) is 70.1 Å². The van der Waals surface area contributed by atoms with Crippen LogP contribution in [0.4, 0.5) is 0 Å². The van der Waals surface area contributed by atoms with Crippen molar-refractivity contribution in [3.05, 3.63) is 0 Å². The largest absolute Gasteiger partial charge is 0.391 e. The first-order valence-electron chi connectivity index (χ1n) is 24.5. The van der Waals surface area contributed by atoms with Gasteiger partial charge in [0.25, 0.3) is 0 Å². The number of guanidine groups is 1. The van der Waals surface area contributed by atoms with Gasteiger partial charge in [0.1, 0.15) is 42.3 Å². The van der Waals surface area contributed by atoms with Crippen molar-refractivity contribution in [2.24, 2.45) is 34.2 Å². The van der Waals surface area contributed by atoms with Gasteiger partial charge in [-0.25, -0.2) is 0 Å². The van der Waals surface area contributed by atoms with Crippen molar-refractivity contribution in [2.75, 3.05) is 46.3 Å². The van der Waals surface area contributed by atoms with Crippen molar-refractivity contribution in [2.45, 2.75) is 162 Å². The van der Waals surface area contributed by atoms with E-state index >= 15 is 0 Å². The number of nitrogens with one attached hydrogen (secondary N) is 7. The SMILES string of the molecule is CCNC(=O)[C@@H]1CCCN1C(=O)[C@H](CCCN=C(N)N)NC(=O)[C@@H](NC(=O)[C@@H]1CCCN1C(=O)[C@@H](NC(=O)[C@H](NC(=O)[C@@H](NC(=O)CNC(=O)CN(C)C(C)=O)C(C)C)[C@@H](C)CC)[C@H](C)O)[C@@H](C)CC. The first-order valence-corrected chi connectivity index (χ1v) is 24.5. The highest BCUT2D eigenvalue weighted by Gasteiger charge is 2.43. The van der Waals surface area contributed by atoms with Crippen LogP contribution in [0.1, 0.15) is 114 Å². The summed E-state index contributed by atoms with van der Waals surface area (Å²) in [6.07, 6.45) is 1.42. The summed E-state index contributed by atoms with van der Waals surface area (Å²) in [6.45, 7) is 14.9. The number of rotatable bonds is 27. The number of carbonyl (C=O) groups excluding carboxylic acids is 10. The number of nitrogens with two attached hydrogens (primary N) is 2. The number of carbonyl (C=O) groups is 10. The van der Waals surface area contributed by atoms with Crippen LogP contribution in [-0.2, 0) is 47.9 Å². The van der Waals surface area contributed by atoms with Crippen LogP contribution in [0, 0.1) is 17.8 Å². The lowest BCUT2D eigenvalue weighted by Crippen LogP contribution is -2.63. The second-order valence-electron chi connectivity index (χ2n) is 18.7. The lowest BCUT2D eigenvalue weighted by Gasteiger charge is -2.34. The maximum atomic E-state index is 14.3. The van der Waals surface area contributed by atoms with E-state index in [1.807, 2.05) is 6.92 Å². The zero-order valence-electron chi connectivity index (χ0n) is 42.7. The van der Waals surface area contributed by atoms with E-state index in [9.17, 15) is 53.1 Å². The molecular weight excluding hydrogens is 911 g/mol. The van der Waals surface area contributed by atoms with Crippen LogP contribution in [0.5, 0.6) is 0 Å². The molecule has 0 radical (unpaired) electrons. The van der Waals surface area contributed by atoms with E-state index in [1.165, 1.54) is 30.7 Å². The molecule has 0 aromatic carbocycles. The molecule has 0 aromatic rings. The second kappa shape index (κ2) is 29.2. The number of likely N-dealkylation sites (N-methyl/N-ethyl adjacent to an activating group) is 2. The molecule has 12 N–H and O–H groups in total. The predicted molar refractivity (Wildman–Crippen MR) is 259 cm³/mol. The fourth-order valence-corrected chi connectivity index (χ4v) is 8.15. The van der Waals surface area contributed by atoms with Crippen LogP contribution in [0.3, 0.4) is 0 Å².